The minimum absolute atomic E-state index is 0.0265. The van der Waals surface area contributed by atoms with Crippen molar-refractivity contribution in [1.29, 1.82) is 0 Å². The maximum Gasteiger partial charge on any atom is 0.326 e. The molecule has 0 aliphatic carbocycles. The van der Waals surface area contributed by atoms with E-state index >= 15 is 0 Å². The van der Waals surface area contributed by atoms with Crippen molar-refractivity contribution in [3.8, 4) is 0 Å². The first-order valence-electron chi connectivity index (χ1n) is 26.3. The Kier molecular flexibility index (Phi) is 30.7. The van der Waals surface area contributed by atoms with Crippen molar-refractivity contribution >= 4 is 89.0 Å². The van der Waals surface area contributed by atoms with E-state index in [1.165, 1.54) is 0 Å². The van der Waals surface area contributed by atoms with Gasteiger partial charge >= 0.3 is 35.8 Å². The van der Waals surface area contributed by atoms with Crippen LogP contribution in [0.2, 0.25) is 0 Å². The van der Waals surface area contributed by atoms with Crippen LogP contribution >= 0.6 is 12.2 Å². The fourth-order valence-corrected chi connectivity index (χ4v) is 8.64. The van der Waals surface area contributed by atoms with Gasteiger partial charge in [-0.05, 0) is 42.6 Å². The summed E-state index contributed by atoms with van der Waals surface area (Å²) in [5.41, 5.74) is 1.21. The van der Waals surface area contributed by atoms with Crippen LogP contribution in [0, 0.1) is 0 Å². The van der Waals surface area contributed by atoms with Gasteiger partial charge in [-0.3, -0.25) is 58.0 Å². The van der Waals surface area contributed by atoms with Gasteiger partial charge < -0.3 is 72.7 Å². The maximum absolute atomic E-state index is 14.4. The Bertz CT molecular complexity index is 2500. The molecule has 1 fully saturated rings. The minimum atomic E-state index is -1.64. The molecule has 3 rings (SSSR count). The fraction of sp³-hybridized carbons (Fsp3) is 0.519. The Morgan fingerprint density at radius 1 is 0.439 bits per heavy atom. The average molecular weight is 1170 g/mol. The highest BCUT2D eigenvalue weighted by atomic mass is 32.1. The van der Waals surface area contributed by atoms with Crippen molar-refractivity contribution in [3.63, 3.8) is 0 Å². The number of aldehydes is 1. The van der Waals surface area contributed by atoms with Crippen molar-refractivity contribution in [2.75, 3.05) is 91.6 Å². The van der Waals surface area contributed by atoms with E-state index in [0.29, 0.717) is 24.0 Å². The van der Waals surface area contributed by atoms with Crippen LogP contribution in [-0.4, -0.2) is 249 Å². The molecule has 0 aromatic heterocycles. The van der Waals surface area contributed by atoms with E-state index in [4.69, 9.17) is 17.3 Å². The zero-order valence-corrected chi connectivity index (χ0v) is 45.9. The lowest BCUT2D eigenvalue weighted by Crippen LogP contribution is -2.57. The van der Waals surface area contributed by atoms with Gasteiger partial charge in [0, 0.05) is 97.6 Å². The number of hydrogen-bond acceptors (Lipinski definition) is 17. The van der Waals surface area contributed by atoms with Crippen LogP contribution in [0.25, 0.3) is 0 Å². The molecule has 2 unspecified atom stereocenters. The number of carboxylic acid groups (broad SMARTS) is 6. The molecule has 5 amide bonds. The van der Waals surface area contributed by atoms with Gasteiger partial charge in [0.15, 0.2) is 5.11 Å². The molecule has 82 heavy (non-hydrogen) atoms. The van der Waals surface area contributed by atoms with E-state index in [9.17, 15) is 83.1 Å². The van der Waals surface area contributed by atoms with E-state index in [-0.39, 0.29) is 117 Å². The van der Waals surface area contributed by atoms with Gasteiger partial charge in [0.2, 0.25) is 29.5 Å². The zero-order valence-electron chi connectivity index (χ0n) is 45.1. The van der Waals surface area contributed by atoms with Crippen molar-refractivity contribution < 1.29 is 88.2 Å². The molecule has 1 heterocycles. The van der Waals surface area contributed by atoms with Crippen LogP contribution in [0.4, 0.5) is 0 Å². The van der Waals surface area contributed by atoms with Gasteiger partial charge in [-0.2, -0.15) is 0 Å². The molecule has 2 aromatic carbocycles. The number of aliphatic carboxylic acids is 6. The largest absolute Gasteiger partial charge is 0.481 e. The molecular formula is C52H73N11O18S. The molecule has 13 N–H and O–H groups in total. The summed E-state index contributed by atoms with van der Waals surface area (Å²) in [7, 11) is 0. The number of carbonyl (C=O) groups is 12. The summed E-state index contributed by atoms with van der Waals surface area (Å²) in [6.07, 6.45) is -1.80. The van der Waals surface area contributed by atoms with Gasteiger partial charge in [-0.15, -0.1) is 0 Å². The van der Waals surface area contributed by atoms with Crippen LogP contribution in [0.3, 0.4) is 0 Å². The SMILES string of the molecule is O=CCN1CCN(CC(=O)O)CCN(CC(=O)O)CCN(CC(=O)NC(Cc2ccccc2)C(=O)NC(Cc2ccccc2)C(=O)N[C@H](CCC(=O)NCCNC(=O)CC[C@H](NC(=S)N[C@@H](CCC(=O)O)C(=O)O)C(=O)O)C(=O)O)CC1. The Morgan fingerprint density at radius 2 is 0.793 bits per heavy atom. The third kappa shape index (κ3) is 28.3. The molecule has 1 saturated heterocycles. The standard InChI is InChI=1S/C52H73N11O18S/c64-28-27-60-19-21-61(23-24-63(33-46(72)73)26-25-62(22-20-60)32-45(70)71)31-43(67)55-39(29-34-7-3-1-4-8-34)47(74)57-40(30-35-9-5-2-6-10-35)48(75)56-36(49(76)77)11-14-41(65)53-17-18-54-42(66)15-12-37(50(78)79)58-52(82)59-38(51(80)81)13-16-44(68)69/h1-10,28,36-40H,11-27,29-33H2,(H,53,65)(H,54,66)(H,55,67)(H,56,75)(H,57,74)(H,68,69)(H,70,71)(H,72,73)(H,76,77)(H,78,79)(H,80,81)(H2,58,59,82)/t36-,37+,38+,39?,40?/m1/s1. The second-order valence-electron chi connectivity index (χ2n) is 19.2. The normalized spacial score (nSPS) is 15.6. The summed E-state index contributed by atoms with van der Waals surface area (Å²) in [5, 5.41) is 74.3. The highest BCUT2D eigenvalue weighted by Gasteiger charge is 2.32. The first-order chi connectivity index (χ1) is 39.0. The summed E-state index contributed by atoms with van der Waals surface area (Å²) in [5.74, 6) is -11.4. The maximum atomic E-state index is 14.4. The zero-order chi connectivity index (χ0) is 60.6. The summed E-state index contributed by atoms with van der Waals surface area (Å²) >= 11 is 4.99. The molecule has 1 aliphatic rings. The molecular weight excluding hydrogens is 1100 g/mol. The number of amides is 5. The summed E-state index contributed by atoms with van der Waals surface area (Å²) in [6.45, 7) is 0.657. The van der Waals surface area contributed by atoms with Crippen LogP contribution in [0.5, 0.6) is 0 Å². The number of hydrogen-bond donors (Lipinski definition) is 13. The molecule has 450 valence electrons. The Morgan fingerprint density at radius 3 is 1.17 bits per heavy atom. The number of carbonyl (C=O) groups excluding carboxylic acids is 6. The molecule has 0 spiro atoms. The van der Waals surface area contributed by atoms with Crippen LogP contribution < -0.4 is 37.2 Å². The van der Waals surface area contributed by atoms with E-state index in [1.54, 1.807) is 80.3 Å². The average Bonchev–Trinajstić information content (AvgIpc) is 3.45. The topological polar surface area (TPSA) is 423 Å². The summed E-state index contributed by atoms with van der Waals surface area (Å²) in [4.78, 5) is 156. The van der Waals surface area contributed by atoms with E-state index < -0.39 is 120 Å². The number of nitrogens with zero attached hydrogens (tertiary/aromatic N) is 4. The highest BCUT2D eigenvalue weighted by Crippen LogP contribution is 2.10. The third-order valence-corrected chi connectivity index (χ3v) is 13.0. The second kappa shape index (κ2) is 36.9. The van der Waals surface area contributed by atoms with Crippen LogP contribution in [0.15, 0.2) is 60.7 Å². The first-order valence-corrected chi connectivity index (χ1v) is 26.7. The molecule has 0 radical (unpaired) electrons. The lowest BCUT2D eigenvalue weighted by Gasteiger charge is -2.33. The van der Waals surface area contributed by atoms with Gasteiger partial charge in [-0.25, -0.2) is 14.4 Å². The third-order valence-electron chi connectivity index (χ3n) is 12.8. The lowest BCUT2D eigenvalue weighted by atomic mass is 10.0. The monoisotopic (exact) mass is 1170 g/mol. The number of carboxylic acids is 6. The van der Waals surface area contributed by atoms with Crippen LogP contribution in [-0.2, 0) is 70.4 Å². The van der Waals surface area contributed by atoms with Crippen molar-refractivity contribution in [2.45, 2.75) is 81.6 Å². The highest BCUT2D eigenvalue weighted by molar-refractivity contribution is 7.80. The first kappa shape index (κ1) is 68.1. The summed E-state index contributed by atoms with van der Waals surface area (Å²) in [6, 6.07) is 9.94. The number of nitrogens with one attached hydrogen (secondary N) is 7. The lowest BCUT2D eigenvalue weighted by molar-refractivity contribution is -0.143. The fourth-order valence-electron chi connectivity index (χ4n) is 8.36. The van der Waals surface area contributed by atoms with E-state index in [1.807, 2.05) is 0 Å². The van der Waals surface area contributed by atoms with Gasteiger partial charge in [0.05, 0.1) is 26.2 Å². The molecule has 29 nitrogen and oxygen atoms in total. The van der Waals surface area contributed by atoms with E-state index in [0.717, 1.165) is 0 Å². The molecule has 30 heteroatoms. The molecule has 1 aliphatic heterocycles. The van der Waals surface area contributed by atoms with Gasteiger partial charge in [-0.1, -0.05) is 60.7 Å². The number of benzene rings is 2. The molecule has 0 bridgehead atoms. The van der Waals surface area contributed by atoms with Crippen molar-refractivity contribution in [2.24, 2.45) is 0 Å². The van der Waals surface area contributed by atoms with E-state index in [2.05, 4.69) is 37.2 Å². The number of thiocarbonyl (C=S) groups is 1. The predicted molar refractivity (Wildman–Crippen MR) is 294 cm³/mol. The number of rotatable bonds is 34. The Hall–Kier alpha value is -8.19. The van der Waals surface area contributed by atoms with Crippen molar-refractivity contribution in [3.05, 3.63) is 71.8 Å². The van der Waals surface area contributed by atoms with Gasteiger partial charge in [0.25, 0.3) is 0 Å². The molecule has 0 saturated carbocycles. The minimum Gasteiger partial charge on any atom is -0.481 e. The van der Waals surface area contributed by atoms with Gasteiger partial charge in [0.1, 0.15) is 36.5 Å². The van der Waals surface area contributed by atoms with Crippen molar-refractivity contribution in [1.82, 2.24) is 56.8 Å². The van der Waals surface area contributed by atoms with Crippen LogP contribution in [0.1, 0.15) is 49.7 Å². The summed E-state index contributed by atoms with van der Waals surface area (Å²) < 4.78 is 0. The molecule has 2 aromatic rings. The Balaban J connectivity index is 1.67. The quantitative estimate of drug-likeness (QED) is 0.0185. The molecule has 5 atom stereocenters. The second-order valence-corrected chi connectivity index (χ2v) is 19.6. The Labute approximate surface area is 477 Å². The predicted octanol–water partition coefficient (Wildman–Crippen LogP) is -3.37. The smallest absolute Gasteiger partial charge is 0.326 e.